The Morgan fingerprint density at radius 3 is 1.89 bits per heavy atom. The monoisotopic (exact) mass is 498 g/mol. The third kappa shape index (κ3) is 4.71. The Morgan fingerprint density at radius 2 is 1.41 bits per heavy atom. The zero-order valence-electron chi connectivity index (χ0n) is 20.3. The number of aromatic amines is 1. The fourth-order valence-electron chi connectivity index (χ4n) is 4.74. The van der Waals surface area contributed by atoms with Gasteiger partial charge in [-0.15, -0.1) is 0 Å². The van der Waals surface area contributed by atoms with E-state index in [1.54, 1.807) is 6.92 Å². The molecule has 4 aromatic rings. The summed E-state index contributed by atoms with van der Waals surface area (Å²) in [5, 5.41) is 0. The van der Waals surface area contributed by atoms with Crippen LogP contribution in [-0.2, 0) is 21.5 Å². The average Bonchev–Trinajstić information content (AvgIpc) is 3.31. The van der Waals surface area contributed by atoms with Gasteiger partial charge in [-0.3, -0.25) is 14.3 Å². The summed E-state index contributed by atoms with van der Waals surface area (Å²) in [6.45, 7) is 1.80. The maximum Gasteiger partial charge on any atom is 0.330 e. The van der Waals surface area contributed by atoms with Crippen LogP contribution < -0.4 is 11.2 Å². The number of rotatable bonds is 8. The van der Waals surface area contributed by atoms with Gasteiger partial charge < -0.3 is 9.47 Å². The Kier molecular flexibility index (Phi) is 6.99. The van der Waals surface area contributed by atoms with Crippen LogP contribution in [0.25, 0.3) is 0 Å². The van der Waals surface area contributed by atoms with Crippen LogP contribution in [0.4, 0.5) is 4.39 Å². The van der Waals surface area contributed by atoms with Crippen LogP contribution in [0.2, 0.25) is 0 Å². The molecule has 0 bridgehead atoms. The lowest BCUT2D eigenvalue weighted by atomic mass is 9.80. The van der Waals surface area contributed by atoms with Crippen LogP contribution >= 0.6 is 0 Å². The van der Waals surface area contributed by atoms with Gasteiger partial charge in [0.1, 0.15) is 17.5 Å². The second-order valence-electron chi connectivity index (χ2n) is 8.84. The molecule has 1 aliphatic heterocycles. The maximum atomic E-state index is 15.1. The number of nitrogens with one attached hydrogen (secondary N) is 1. The molecule has 1 N–H and O–H groups in total. The van der Waals surface area contributed by atoms with Crippen LogP contribution in [-0.4, -0.2) is 22.3 Å². The fourth-order valence-corrected chi connectivity index (χ4v) is 4.74. The number of aryl methyl sites for hydroxylation is 1. The summed E-state index contributed by atoms with van der Waals surface area (Å²) >= 11 is 0. The van der Waals surface area contributed by atoms with Crippen molar-refractivity contribution in [2.24, 2.45) is 0 Å². The summed E-state index contributed by atoms with van der Waals surface area (Å²) in [6, 6.07) is 29.6. The molecule has 3 aromatic carbocycles. The molecular formula is C30H27FN2O4. The molecule has 37 heavy (non-hydrogen) atoms. The zero-order chi connectivity index (χ0) is 25.8. The molecule has 0 spiro atoms. The van der Waals surface area contributed by atoms with E-state index in [0.29, 0.717) is 12.0 Å². The number of benzene rings is 3. The van der Waals surface area contributed by atoms with Crippen molar-refractivity contribution < 1.29 is 13.9 Å². The summed E-state index contributed by atoms with van der Waals surface area (Å²) < 4.78 is 28.8. The lowest BCUT2D eigenvalue weighted by Crippen LogP contribution is -2.37. The van der Waals surface area contributed by atoms with Crippen molar-refractivity contribution in [1.29, 1.82) is 0 Å². The Morgan fingerprint density at radius 1 is 0.892 bits per heavy atom. The number of H-pyrrole nitrogens is 1. The molecule has 5 rings (SSSR count). The minimum Gasteiger partial charge on any atom is -0.358 e. The highest BCUT2D eigenvalue weighted by atomic mass is 19.1. The SMILES string of the molecule is CCc1cn([C@@H]2O[C@H](COC(c3ccccc3)(c3ccccc3)c3ccccc3)C=C2F)c(=O)[nH]c1=O. The van der Waals surface area contributed by atoms with Gasteiger partial charge in [0.05, 0.1) is 6.61 Å². The molecule has 2 atom stereocenters. The van der Waals surface area contributed by atoms with E-state index in [-0.39, 0.29) is 6.61 Å². The van der Waals surface area contributed by atoms with Crippen molar-refractivity contribution in [2.45, 2.75) is 31.3 Å². The predicted molar refractivity (Wildman–Crippen MR) is 139 cm³/mol. The summed E-state index contributed by atoms with van der Waals surface area (Å²) in [5.74, 6) is -0.616. The smallest absolute Gasteiger partial charge is 0.330 e. The van der Waals surface area contributed by atoms with E-state index in [4.69, 9.17) is 9.47 Å². The molecule has 0 aliphatic carbocycles. The van der Waals surface area contributed by atoms with Gasteiger partial charge in [0.15, 0.2) is 6.23 Å². The normalized spacial score (nSPS) is 17.5. The molecule has 188 valence electrons. The third-order valence-electron chi connectivity index (χ3n) is 6.56. The Labute approximate surface area is 213 Å². The van der Waals surface area contributed by atoms with Gasteiger partial charge in [-0.05, 0) is 29.2 Å². The summed E-state index contributed by atoms with van der Waals surface area (Å²) in [6.07, 6.45) is 1.03. The van der Waals surface area contributed by atoms with Crippen molar-refractivity contribution >= 4 is 0 Å². The number of hydrogen-bond donors (Lipinski definition) is 1. The van der Waals surface area contributed by atoms with Crippen molar-refractivity contribution in [1.82, 2.24) is 9.55 Å². The minimum atomic E-state index is -1.28. The number of halogens is 1. The standard InChI is InChI=1S/C30H27FN2O4/c1-2-21-19-33(29(35)32-27(21)34)28-26(31)18-25(37-28)20-36-30(22-12-6-3-7-13-22,23-14-8-4-9-15-23)24-16-10-5-11-17-24/h3-19,25,28H,2,20H2,1H3,(H,32,34,35)/t25-,28+/m0/s1. The van der Waals surface area contributed by atoms with Crippen molar-refractivity contribution in [3.05, 3.63) is 152 Å². The number of nitrogens with zero attached hydrogens (tertiary/aromatic N) is 1. The van der Waals surface area contributed by atoms with E-state index in [1.165, 1.54) is 12.3 Å². The van der Waals surface area contributed by atoms with Crippen LogP contribution in [0, 0.1) is 0 Å². The largest absolute Gasteiger partial charge is 0.358 e. The highest BCUT2D eigenvalue weighted by Gasteiger charge is 2.39. The molecular weight excluding hydrogens is 471 g/mol. The van der Waals surface area contributed by atoms with Crippen LogP contribution in [0.5, 0.6) is 0 Å². The van der Waals surface area contributed by atoms with Crippen LogP contribution in [0.3, 0.4) is 0 Å². The Hall–Kier alpha value is -4.07. The highest BCUT2D eigenvalue weighted by molar-refractivity contribution is 5.47. The van der Waals surface area contributed by atoms with Gasteiger partial charge in [-0.25, -0.2) is 9.18 Å². The number of ether oxygens (including phenoxy) is 2. The van der Waals surface area contributed by atoms with Crippen molar-refractivity contribution in [3.63, 3.8) is 0 Å². The molecule has 0 unspecified atom stereocenters. The summed E-state index contributed by atoms with van der Waals surface area (Å²) in [7, 11) is 0. The Bertz CT molecular complexity index is 1400. The second-order valence-corrected chi connectivity index (χ2v) is 8.84. The van der Waals surface area contributed by atoms with E-state index < -0.39 is 35.0 Å². The predicted octanol–water partition coefficient (Wildman–Crippen LogP) is 4.86. The molecule has 0 radical (unpaired) electrons. The van der Waals surface area contributed by atoms with Crippen LogP contribution in [0.1, 0.15) is 35.4 Å². The van der Waals surface area contributed by atoms with Gasteiger partial charge in [0, 0.05) is 11.8 Å². The van der Waals surface area contributed by atoms with E-state index in [2.05, 4.69) is 4.98 Å². The van der Waals surface area contributed by atoms with Gasteiger partial charge in [-0.1, -0.05) is 97.9 Å². The first kappa shape index (κ1) is 24.6. The first-order chi connectivity index (χ1) is 18.0. The molecule has 7 heteroatoms. The molecule has 0 amide bonds. The minimum absolute atomic E-state index is 0.0152. The summed E-state index contributed by atoms with van der Waals surface area (Å²) in [4.78, 5) is 26.6. The number of hydrogen-bond acceptors (Lipinski definition) is 4. The molecule has 0 fully saturated rings. The zero-order valence-corrected chi connectivity index (χ0v) is 20.3. The summed E-state index contributed by atoms with van der Waals surface area (Å²) in [5.41, 5.74) is 0.906. The number of aromatic nitrogens is 2. The lowest BCUT2D eigenvalue weighted by molar-refractivity contribution is -0.0731. The molecule has 0 saturated carbocycles. The molecule has 6 nitrogen and oxygen atoms in total. The molecule has 1 aliphatic rings. The van der Waals surface area contributed by atoms with Gasteiger partial charge >= 0.3 is 5.69 Å². The second kappa shape index (κ2) is 10.5. The van der Waals surface area contributed by atoms with Crippen molar-refractivity contribution in [3.8, 4) is 0 Å². The van der Waals surface area contributed by atoms with E-state index >= 15 is 4.39 Å². The van der Waals surface area contributed by atoms with Gasteiger partial charge in [-0.2, -0.15) is 0 Å². The quantitative estimate of drug-likeness (QED) is 0.352. The van der Waals surface area contributed by atoms with Crippen LogP contribution in [0.15, 0.2) is 119 Å². The molecule has 2 heterocycles. The van der Waals surface area contributed by atoms with Crippen molar-refractivity contribution in [2.75, 3.05) is 6.61 Å². The molecule has 1 aromatic heterocycles. The average molecular weight is 499 g/mol. The third-order valence-corrected chi connectivity index (χ3v) is 6.56. The highest BCUT2D eigenvalue weighted by Crippen LogP contribution is 2.41. The maximum absolute atomic E-state index is 15.1. The first-order valence-electron chi connectivity index (χ1n) is 12.2. The van der Waals surface area contributed by atoms with Gasteiger partial charge in [0.25, 0.3) is 5.56 Å². The van der Waals surface area contributed by atoms with E-state index in [1.807, 2.05) is 91.0 Å². The van der Waals surface area contributed by atoms with Gasteiger partial charge in [0.2, 0.25) is 0 Å². The van der Waals surface area contributed by atoms with E-state index in [9.17, 15) is 9.59 Å². The topological polar surface area (TPSA) is 73.3 Å². The fraction of sp³-hybridized carbons (Fsp3) is 0.200. The molecule has 0 saturated heterocycles. The lowest BCUT2D eigenvalue weighted by Gasteiger charge is -2.36. The Balaban J connectivity index is 1.50. The van der Waals surface area contributed by atoms with E-state index in [0.717, 1.165) is 21.3 Å². The first-order valence-corrected chi connectivity index (χ1v) is 12.2.